The molecule has 1 aliphatic rings. The lowest BCUT2D eigenvalue weighted by molar-refractivity contribution is -0.123. The summed E-state index contributed by atoms with van der Waals surface area (Å²) in [6.07, 6.45) is 2.95. The minimum absolute atomic E-state index is 0.0492. The van der Waals surface area contributed by atoms with Crippen LogP contribution in [0.1, 0.15) is 59.8 Å². The molecule has 0 atom stereocenters. The first-order chi connectivity index (χ1) is 15.3. The molecule has 1 aliphatic carbocycles. The summed E-state index contributed by atoms with van der Waals surface area (Å²) in [5, 5.41) is 5.68. The number of alkyl halides is 2. The molecular weight excluding hydrogens is 418 g/mol. The van der Waals surface area contributed by atoms with Crippen molar-refractivity contribution in [3.05, 3.63) is 53.0 Å². The molecule has 0 spiro atoms. The number of ether oxygens (including phenoxy) is 1. The Morgan fingerprint density at radius 2 is 2.00 bits per heavy atom. The van der Waals surface area contributed by atoms with E-state index in [1.807, 2.05) is 19.9 Å². The molecular formula is C23H28F2N4O3. The molecule has 2 aromatic heterocycles. The minimum Gasteiger partial charge on any atom is -0.471 e. The number of halogens is 2. The topological polar surface area (TPSA) is 93.2 Å². The summed E-state index contributed by atoms with van der Waals surface area (Å²) in [5.74, 6) is 0.0571. The van der Waals surface area contributed by atoms with E-state index in [2.05, 4.69) is 20.6 Å². The first-order valence-electron chi connectivity index (χ1n) is 10.7. The van der Waals surface area contributed by atoms with Gasteiger partial charge in [0.2, 0.25) is 11.8 Å². The van der Waals surface area contributed by atoms with Crippen molar-refractivity contribution in [3.63, 3.8) is 0 Å². The second kappa shape index (κ2) is 11.0. The van der Waals surface area contributed by atoms with Crippen LogP contribution >= 0.6 is 0 Å². The fourth-order valence-corrected chi connectivity index (χ4v) is 3.19. The van der Waals surface area contributed by atoms with Crippen LogP contribution in [0.25, 0.3) is 0 Å². The van der Waals surface area contributed by atoms with Gasteiger partial charge in [0.1, 0.15) is 0 Å². The molecule has 2 N–H and O–H groups in total. The van der Waals surface area contributed by atoms with E-state index in [0.29, 0.717) is 24.2 Å². The summed E-state index contributed by atoms with van der Waals surface area (Å²) in [7, 11) is 0. The third-order valence-electron chi connectivity index (χ3n) is 5.07. The molecule has 0 aromatic carbocycles. The maximum Gasteiger partial charge on any atom is 0.272 e. The van der Waals surface area contributed by atoms with Crippen LogP contribution in [0.3, 0.4) is 0 Å². The first-order valence-corrected chi connectivity index (χ1v) is 10.7. The Hall–Kier alpha value is -3.10. The second-order valence-corrected chi connectivity index (χ2v) is 8.09. The average molecular weight is 446 g/mol. The highest BCUT2D eigenvalue weighted by Crippen LogP contribution is 2.43. The van der Waals surface area contributed by atoms with Gasteiger partial charge in [-0.05, 0) is 42.5 Å². The standard InChI is InChI=1S/C23H28F2N4O3/c1-14(2)21(30)27-9-7-19-17(4-3-8-26-19)22(31)28-11-15-10-18(16-5-6-16)23(29-12-15)32-13-20(24)25/h3-4,8,10,12,14,16,20H,5-7,9,11,13H2,1-2H3,(H,27,30)(H,28,31). The molecule has 32 heavy (non-hydrogen) atoms. The third kappa shape index (κ3) is 6.70. The van der Waals surface area contributed by atoms with Crippen molar-refractivity contribution in [2.75, 3.05) is 13.2 Å². The molecule has 0 saturated heterocycles. The van der Waals surface area contributed by atoms with Gasteiger partial charge in [0, 0.05) is 43.4 Å². The van der Waals surface area contributed by atoms with Gasteiger partial charge in [-0.25, -0.2) is 13.8 Å². The van der Waals surface area contributed by atoms with Gasteiger partial charge >= 0.3 is 0 Å². The molecule has 0 unspecified atom stereocenters. The van der Waals surface area contributed by atoms with Crippen molar-refractivity contribution in [2.24, 2.45) is 5.92 Å². The van der Waals surface area contributed by atoms with E-state index in [1.165, 1.54) is 6.20 Å². The van der Waals surface area contributed by atoms with Gasteiger partial charge in [0.05, 0.1) is 11.3 Å². The zero-order chi connectivity index (χ0) is 23.1. The van der Waals surface area contributed by atoms with Gasteiger partial charge in [-0.2, -0.15) is 0 Å². The summed E-state index contributed by atoms with van der Waals surface area (Å²) < 4.78 is 30.1. The van der Waals surface area contributed by atoms with Crippen LogP contribution < -0.4 is 15.4 Å². The molecule has 2 aromatic rings. The fourth-order valence-electron chi connectivity index (χ4n) is 3.19. The van der Waals surface area contributed by atoms with E-state index in [-0.39, 0.29) is 36.1 Å². The van der Waals surface area contributed by atoms with E-state index in [4.69, 9.17) is 4.74 Å². The lowest BCUT2D eigenvalue weighted by Gasteiger charge is -2.13. The van der Waals surface area contributed by atoms with Crippen LogP contribution in [-0.4, -0.2) is 41.4 Å². The lowest BCUT2D eigenvalue weighted by Crippen LogP contribution is -2.30. The number of hydrogen-bond donors (Lipinski definition) is 2. The molecule has 7 nitrogen and oxygen atoms in total. The zero-order valence-electron chi connectivity index (χ0n) is 18.2. The van der Waals surface area contributed by atoms with Crippen molar-refractivity contribution in [3.8, 4) is 5.88 Å². The van der Waals surface area contributed by atoms with Crippen LogP contribution in [0.15, 0.2) is 30.6 Å². The molecule has 2 amide bonds. The number of hydrogen-bond acceptors (Lipinski definition) is 5. The Bertz CT molecular complexity index is 949. The molecule has 2 heterocycles. The van der Waals surface area contributed by atoms with Crippen LogP contribution in [-0.2, 0) is 17.8 Å². The lowest BCUT2D eigenvalue weighted by atomic mass is 10.1. The largest absolute Gasteiger partial charge is 0.471 e. The quantitative estimate of drug-likeness (QED) is 0.553. The van der Waals surface area contributed by atoms with Gasteiger partial charge in [-0.3, -0.25) is 14.6 Å². The molecule has 172 valence electrons. The smallest absolute Gasteiger partial charge is 0.272 e. The highest BCUT2D eigenvalue weighted by molar-refractivity contribution is 5.95. The predicted octanol–water partition coefficient (Wildman–Crippen LogP) is 3.24. The van der Waals surface area contributed by atoms with Gasteiger partial charge in [-0.15, -0.1) is 0 Å². The number of pyridine rings is 2. The van der Waals surface area contributed by atoms with Crippen molar-refractivity contribution in [2.45, 2.75) is 52.0 Å². The van der Waals surface area contributed by atoms with Crippen molar-refractivity contribution >= 4 is 11.8 Å². The van der Waals surface area contributed by atoms with Gasteiger partial charge in [-0.1, -0.05) is 13.8 Å². The number of nitrogens with one attached hydrogen (secondary N) is 2. The summed E-state index contributed by atoms with van der Waals surface area (Å²) in [5.41, 5.74) is 2.61. The second-order valence-electron chi connectivity index (χ2n) is 8.09. The van der Waals surface area contributed by atoms with Crippen molar-refractivity contribution in [1.29, 1.82) is 0 Å². The minimum atomic E-state index is -2.56. The monoisotopic (exact) mass is 446 g/mol. The SMILES string of the molecule is CC(C)C(=O)NCCc1ncccc1C(=O)NCc1cnc(OCC(F)F)c(C2CC2)c1. The predicted molar refractivity (Wildman–Crippen MR) is 115 cm³/mol. The maximum absolute atomic E-state index is 12.8. The fraction of sp³-hybridized carbons (Fsp3) is 0.478. The summed E-state index contributed by atoms with van der Waals surface area (Å²) in [4.78, 5) is 33.0. The highest BCUT2D eigenvalue weighted by atomic mass is 19.3. The summed E-state index contributed by atoms with van der Waals surface area (Å²) >= 11 is 0. The van der Waals surface area contributed by atoms with Crippen LogP contribution in [0, 0.1) is 5.92 Å². The molecule has 3 rings (SSSR count). The Morgan fingerprint density at radius 1 is 1.22 bits per heavy atom. The Morgan fingerprint density at radius 3 is 2.69 bits per heavy atom. The number of amides is 2. The molecule has 1 fully saturated rings. The average Bonchev–Trinajstić information content (AvgIpc) is 3.61. The zero-order valence-corrected chi connectivity index (χ0v) is 18.2. The van der Waals surface area contributed by atoms with E-state index in [9.17, 15) is 18.4 Å². The van der Waals surface area contributed by atoms with E-state index in [1.54, 1.807) is 18.3 Å². The summed E-state index contributed by atoms with van der Waals surface area (Å²) in [6.45, 7) is 3.57. The summed E-state index contributed by atoms with van der Waals surface area (Å²) in [6, 6.07) is 5.24. The Balaban J connectivity index is 1.61. The normalized spacial score (nSPS) is 13.3. The Kier molecular flexibility index (Phi) is 8.08. The van der Waals surface area contributed by atoms with Gasteiger partial charge < -0.3 is 15.4 Å². The van der Waals surface area contributed by atoms with Crippen molar-refractivity contribution < 1.29 is 23.1 Å². The van der Waals surface area contributed by atoms with E-state index in [0.717, 1.165) is 24.0 Å². The molecule has 0 bridgehead atoms. The number of rotatable bonds is 11. The van der Waals surface area contributed by atoms with Crippen LogP contribution in [0.4, 0.5) is 8.78 Å². The van der Waals surface area contributed by atoms with E-state index >= 15 is 0 Å². The van der Waals surface area contributed by atoms with Gasteiger partial charge in [0.25, 0.3) is 12.3 Å². The van der Waals surface area contributed by atoms with Crippen LogP contribution in [0.2, 0.25) is 0 Å². The molecule has 0 radical (unpaired) electrons. The van der Waals surface area contributed by atoms with Crippen molar-refractivity contribution in [1.82, 2.24) is 20.6 Å². The number of aromatic nitrogens is 2. The van der Waals surface area contributed by atoms with Gasteiger partial charge in [0.15, 0.2) is 6.61 Å². The number of carbonyl (C=O) groups excluding carboxylic acids is 2. The highest BCUT2D eigenvalue weighted by Gasteiger charge is 2.28. The molecule has 0 aliphatic heterocycles. The first kappa shape index (κ1) is 23.6. The molecule has 1 saturated carbocycles. The Labute approximate surface area is 186 Å². The third-order valence-corrected chi connectivity index (χ3v) is 5.07. The number of nitrogens with zero attached hydrogens (tertiary/aromatic N) is 2. The van der Waals surface area contributed by atoms with Crippen LogP contribution in [0.5, 0.6) is 5.88 Å². The molecule has 9 heteroatoms. The maximum atomic E-state index is 12.8. The van der Waals surface area contributed by atoms with E-state index < -0.39 is 13.0 Å². The number of carbonyl (C=O) groups is 2.